The summed E-state index contributed by atoms with van der Waals surface area (Å²) in [7, 11) is 0. The molecule has 23 heavy (non-hydrogen) atoms. The molecule has 2 rings (SSSR count). The van der Waals surface area contributed by atoms with Crippen molar-refractivity contribution in [3.63, 3.8) is 0 Å². The van der Waals surface area contributed by atoms with Crippen molar-refractivity contribution in [1.82, 2.24) is 0 Å². The van der Waals surface area contributed by atoms with Crippen LogP contribution in [0.15, 0.2) is 83.1 Å². The molecule has 0 aliphatic carbocycles. The fourth-order valence-corrected chi connectivity index (χ4v) is 5.33. The molecule has 0 saturated heterocycles. The molecular weight excluding hydrogens is 316 g/mol. The highest BCUT2D eigenvalue weighted by Crippen LogP contribution is 2.41. The van der Waals surface area contributed by atoms with Gasteiger partial charge in [-0.1, -0.05) is 68.7 Å². The average molecular weight is 343 g/mol. The van der Waals surface area contributed by atoms with Crippen molar-refractivity contribution in [3.05, 3.63) is 73.3 Å². The highest BCUT2D eigenvalue weighted by atomic mass is 32.2. The Morgan fingerprint density at radius 1 is 0.870 bits per heavy atom. The second kappa shape index (κ2) is 10.6. The summed E-state index contributed by atoms with van der Waals surface area (Å²) < 4.78 is 0.467. The summed E-state index contributed by atoms with van der Waals surface area (Å²) in [5, 5.41) is 0. The van der Waals surface area contributed by atoms with Gasteiger partial charge in [-0.25, -0.2) is 0 Å². The summed E-state index contributed by atoms with van der Waals surface area (Å²) in [5.41, 5.74) is 0. The lowest BCUT2D eigenvalue weighted by molar-refractivity contribution is 0.571. The van der Waals surface area contributed by atoms with Gasteiger partial charge < -0.3 is 0 Å². The Labute approximate surface area is 149 Å². The zero-order valence-electron chi connectivity index (χ0n) is 13.9. The summed E-state index contributed by atoms with van der Waals surface area (Å²) in [6.07, 6.45) is 7.25. The van der Waals surface area contributed by atoms with E-state index in [0.29, 0.717) is 10.5 Å². The van der Waals surface area contributed by atoms with Crippen molar-refractivity contribution in [3.8, 4) is 0 Å². The fourth-order valence-electron chi connectivity index (χ4n) is 2.46. The molecule has 0 amide bonds. The van der Waals surface area contributed by atoms with E-state index in [0.717, 1.165) is 0 Å². The van der Waals surface area contributed by atoms with Crippen LogP contribution in [0.5, 0.6) is 0 Å². The van der Waals surface area contributed by atoms with Crippen LogP contribution in [0.2, 0.25) is 0 Å². The zero-order valence-corrected chi connectivity index (χ0v) is 15.5. The normalized spacial score (nSPS) is 12.3. The molecule has 0 heterocycles. The van der Waals surface area contributed by atoms with E-state index in [2.05, 4.69) is 80.2 Å². The number of rotatable bonds is 10. The summed E-state index contributed by atoms with van der Waals surface area (Å²) in [4.78, 5) is 2.67. The van der Waals surface area contributed by atoms with E-state index in [1.807, 2.05) is 23.5 Å². The van der Waals surface area contributed by atoms with Crippen LogP contribution in [0.4, 0.5) is 0 Å². The van der Waals surface area contributed by atoms with Gasteiger partial charge in [-0.05, 0) is 36.6 Å². The first-order valence-electron chi connectivity index (χ1n) is 8.39. The largest absolute Gasteiger partial charge is 0.111 e. The highest BCUT2D eigenvalue weighted by Gasteiger charge is 2.21. The highest BCUT2D eigenvalue weighted by molar-refractivity contribution is 8.17. The Balaban J connectivity index is 2.10. The van der Waals surface area contributed by atoms with Crippen molar-refractivity contribution < 1.29 is 0 Å². The molecule has 0 saturated carbocycles. The molecule has 1 atom stereocenters. The fraction of sp³-hybridized carbons (Fsp3) is 0.333. The minimum absolute atomic E-state index is 0.467. The lowest BCUT2D eigenvalue weighted by Crippen LogP contribution is -2.11. The summed E-state index contributed by atoms with van der Waals surface area (Å²) in [6.45, 7) is 6.38. The number of hydrogen-bond acceptors (Lipinski definition) is 2. The van der Waals surface area contributed by atoms with Gasteiger partial charge in [-0.3, -0.25) is 0 Å². The Morgan fingerprint density at radius 3 is 1.83 bits per heavy atom. The first kappa shape index (κ1) is 18.2. The van der Waals surface area contributed by atoms with E-state index in [1.54, 1.807) is 0 Å². The van der Waals surface area contributed by atoms with E-state index in [1.165, 1.54) is 35.5 Å². The van der Waals surface area contributed by atoms with Crippen LogP contribution in [0.25, 0.3) is 0 Å². The molecule has 2 aromatic carbocycles. The van der Waals surface area contributed by atoms with Crippen LogP contribution in [0.3, 0.4) is 0 Å². The molecule has 1 unspecified atom stereocenters. The molecule has 2 heteroatoms. The summed E-state index contributed by atoms with van der Waals surface area (Å²) >= 11 is 3.93. The molecule has 0 fully saturated rings. The Hall–Kier alpha value is -1.12. The molecular formula is C21H26S2. The number of thioether (sulfide) groups is 2. The van der Waals surface area contributed by atoms with E-state index in [9.17, 15) is 0 Å². The van der Waals surface area contributed by atoms with Gasteiger partial charge in [0.05, 0.1) is 4.58 Å². The molecule has 0 nitrogen and oxygen atoms in total. The molecule has 0 N–H and O–H groups in total. The smallest absolute Gasteiger partial charge is 0.0659 e. The molecule has 122 valence electrons. The maximum atomic E-state index is 4.12. The molecule has 0 spiro atoms. The van der Waals surface area contributed by atoms with Crippen LogP contribution in [-0.4, -0.2) is 4.58 Å². The van der Waals surface area contributed by atoms with Crippen LogP contribution >= 0.6 is 23.5 Å². The molecule has 0 bridgehead atoms. The third kappa shape index (κ3) is 6.48. The lowest BCUT2D eigenvalue weighted by atomic mass is 10.0. The summed E-state index contributed by atoms with van der Waals surface area (Å²) in [5.74, 6) is 0.525. The lowest BCUT2D eigenvalue weighted by Gasteiger charge is -2.24. The first-order valence-corrected chi connectivity index (χ1v) is 10.2. The SMILES string of the molecule is C=CC(CCCCC)C(Sc1ccccc1)Sc1ccccc1. The minimum atomic E-state index is 0.467. The van der Waals surface area contributed by atoms with Gasteiger partial charge in [0, 0.05) is 9.79 Å². The number of hydrogen-bond donors (Lipinski definition) is 0. The van der Waals surface area contributed by atoms with E-state index in [-0.39, 0.29) is 0 Å². The molecule has 2 aromatic rings. The number of allylic oxidation sites excluding steroid dienone is 1. The maximum absolute atomic E-state index is 4.12. The van der Waals surface area contributed by atoms with Crippen LogP contribution in [0.1, 0.15) is 32.6 Å². The predicted molar refractivity (Wildman–Crippen MR) is 106 cm³/mol. The number of unbranched alkanes of at least 4 members (excludes halogenated alkanes) is 2. The van der Waals surface area contributed by atoms with Gasteiger partial charge in [0.15, 0.2) is 0 Å². The van der Waals surface area contributed by atoms with Gasteiger partial charge in [-0.15, -0.1) is 30.1 Å². The van der Waals surface area contributed by atoms with Crippen LogP contribution in [0, 0.1) is 5.92 Å². The monoisotopic (exact) mass is 342 g/mol. The molecule has 0 radical (unpaired) electrons. The second-order valence-electron chi connectivity index (χ2n) is 5.63. The van der Waals surface area contributed by atoms with Crippen molar-refractivity contribution in [2.75, 3.05) is 0 Å². The van der Waals surface area contributed by atoms with Gasteiger partial charge in [0.2, 0.25) is 0 Å². The van der Waals surface area contributed by atoms with Crippen molar-refractivity contribution in [1.29, 1.82) is 0 Å². The van der Waals surface area contributed by atoms with Gasteiger partial charge in [-0.2, -0.15) is 0 Å². The Morgan fingerprint density at radius 2 is 1.39 bits per heavy atom. The predicted octanol–water partition coefficient (Wildman–Crippen LogP) is 7.28. The van der Waals surface area contributed by atoms with E-state index >= 15 is 0 Å². The zero-order chi connectivity index (χ0) is 16.3. The molecule has 0 aliphatic rings. The topological polar surface area (TPSA) is 0 Å². The summed E-state index contributed by atoms with van der Waals surface area (Å²) in [6, 6.07) is 21.4. The van der Waals surface area contributed by atoms with Gasteiger partial charge >= 0.3 is 0 Å². The van der Waals surface area contributed by atoms with E-state index in [4.69, 9.17) is 0 Å². The first-order chi connectivity index (χ1) is 11.3. The molecule has 0 aromatic heterocycles. The van der Waals surface area contributed by atoms with Crippen molar-refractivity contribution in [2.45, 2.75) is 47.0 Å². The third-order valence-electron chi connectivity index (χ3n) is 3.78. The standard InChI is InChI=1S/C21H26S2/c1-3-5-8-13-18(4-2)21(22-19-14-9-6-10-15-19)23-20-16-11-7-12-17-20/h4,6-7,9-12,14-18,21H,2-3,5,8,13H2,1H3. The average Bonchev–Trinajstić information content (AvgIpc) is 2.60. The van der Waals surface area contributed by atoms with Gasteiger partial charge in [0.25, 0.3) is 0 Å². The second-order valence-corrected chi connectivity index (χ2v) is 8.35. The Bertz CT molecular complexity index is 509. The van der Waals surface area contributed by atoms with E-state index < -0.39 is 0 Å². The van der Waals surface area contributed by atoms with Crippen LogP contribution < -0.4 is 0 Å². The van der Waals surface area contributed by atoms with Crippen molar-refractivity contribution in [2.24, 2.45) is 5.92 Å². The number of benzene rings is 2. The third-order valence-corrected chi connectivity index (χ3v) is 6.61. The maximum Gasteiger partial charge on any atom is 0.0659 e. The minimum Gasteiger partial charge on any atom is -0.111 e. The van der Waals surface area contributed by atoms with Gasteiger partial charge in [0.1, 0.15) is 0 Å². The molecule has 0 aliphatic heterocycles. The van der Waals surface area contributed by atoms with Crippen molar-refractivity contribution >= 4 is 23.5 Å². The quantitative estimate of drug-likeness (QED) is 0.192. The Kier molecular flexibility index (Phi) is 8.41. The van der Waals surface area contributed by atoms with Crippen LogP contribution in [-0.2, 0) is 0 Å².